The van der Waals surface area contributed by atoms with E-state index in [1.807, 2.05) is 29.2 Å². The molecule has 0 radical (unpaired) electrons. The van der Waals surface area contributed by atoms with Crippen molar-refractivity contribution in [2.24, 2.45) is 0 Å². The Morgan fingerprint density at radius 1 is 1.24 bits per heavy atom. The van der Waals surface area contributed by atoms with Crippen molar-refractivity contribution in [1.82, 2.24) is 20.1 Å². The molecule has 0 saturated carbocycles. The second kappa shape index (κ2) is 8.86. The van der Waals surface area contributed by atoms with Gasteiger partial charge in [-0.25, -0.2) is 4.39 Å². The third kappa shape index (κ3) is 4.80. The summed E-state index contributed by atoms with van der Waals surface area (Å²) in [6, 6.07) is 13.7. The maximum Gasteiger partial charge on any atom is 0.229 e. The van der Waals surface area contributed by atoms with Crippen LogP contribution < -0.4 is 4.74 Å². The third-order valence-corrected chi connectivity index (χ3v) is 5.06. The van der Waals surface area contributed by atoms with Gasteiger partial charge in [0.05, 0.1) is 24.8 Å². The van der Waals surface area contributed by atoms with Gasteiger partial charge >= 0.3 is 0 Å². The standard InChI is InChI=1S/C22H23FN4O2/c23-16-5-3-7-19(13-16)29-12-9-18-14-20(26-25-18)21-8-4-11-27(21)22(28)15-17-6-1-2-10-24-17/h1-3,5-7,10,13-14,21H,4,8-9,11-12,15H2,(H,25,26)/t21-/m0/s1. The van der Waals surface area contributed by atoms with E-state index in [-0.39, 0.29) is 17.8 Å². The maximum absolute atomic E-state index is 13.2. The number of carbonyl (C=O) groups excluding carboxylic acids is 1. The van der Waals surface area contributed by atoms with Crippen molar-refractivity contribution in [3.63, 3.8) is 0 Å². The predicted molar refractivity (Wildman–Crippen MR) is 106 cm³/mol. The van der Waals surface area contributed by atoms with Gasteiger partial charge in [-0.1, -0.05) is 12.1 Å². The van der Waals surface area contributed by atoms with Crippen molar-refractivity contribution >= 4 is 5.91 Å². The molecule has 2 aromatic heterocycles. The minimum absolute atomic E-state index is 0.0136. The molecule has 0 bridgehead atoms. The van der Waals surface area contributed by atoms with Crippen molar-refractivity contribution in [3.8, 4) is 5.75 Å². The smallest absolute Gasteiger partial charge is 0.229 e. The van der Waals surface area contributed by atoms with Crippen LogP contribution in [0.25, 0.3) is 0 Å². The van der Waals surface area contributed by atoms with E-state index in [4.69, 9.17) is 4.74 Å². The zero-order valence-corrected chi connectivity index (χ0v) is 16.1. The number of likely N-dealkylation sites (tertiary alicyclic amines) is 1. The van der Waals surface area contributed by atoms with Crippen LogP contribution in [-0.2, 0) is 17.6 Å². The topological polar surface area (TPSA) is 71.1 Å². The van der Waals surface area contributed by atoms with Crippen molar-refractivity contribution in [2.75, 3.05) is 13.2 Å². The molecule has 29 heavy (non-hydrogen) atoms. The van der Waals surface area contributed by atoms with E-state index < -0.39 is 0 Å². The van der Waals surface area contributed by atoms with Gasteiger partial charge in [0.15, 0.2) is 0 Å². The first-order chi connectivity index (χ1) is 14.2. The Morgan fingerprint density at radius 2 is 2.17 bits per heavy atom. The molecule has 0 spiro atoms. The third-order valence-electron chi connectivity index (χ3n) is 5.06. The highest BCUT2D eigenvalue weighted by Crippen LogP contribution is 2.31. The minimum atomic E-state index is -0.317. The first-order valence-electron chi connectivity index (χ1n) is 9.81. The quantitative estimate of drug-likeness (QED) is 0.666. The Bertz CT molecular complexity index is 960. The molecule has 1 N–H and O–H groups in total. The van der Waals surface area contributed by atoms with E-state index in [1.54, 1.807) is 18.3 Å². The first-order valence-corrected chi connectivity index (χ1v) is 9.81. The fourth-order valence-electron chi connectivity index (χ4n) is 3.65. The molecule has 4 rings (SSSR count). The SMILES string of the molecule is O=C(Cc1ccccn1)N1CCC[C@H]1c1cc(CCOc2cccc(F)c2)[nH]n1. The molecule has 7 heteroatoms. The number of aromatic amines is 1. The lowest BCUT2D eigenvalue weighted by Gasteiger charge is -2.23. The highest BCUT2D eigenvalue weighted by Gasteiger charge is 2.31. The summed E-state index contributed by atoms with van der Waals surface area (Å²) < 4.78 is 18.8. The molecule has 3 heterocycles. The summed E-state index contributed by atoms with van der Waals surface area (Å²) >= 11 is 0. The van der Waals surface area contributed by atoms with E-state index in [2.05, 4.69) is 15.2 Å². The highest BCUT2D eigenvalue weighted by molar-refractivity contribution is 5.79. The van der Waals surface area contributed by atoms with Crippen LogP contribution >= 0.6 is 0 Å². The number of H-pyrrole nitrogens is 1. The van der Waals surface area contributed by atoms with E-state index >= 15 is 0 Å². The summed E-state index contributed by atoms with van der Waals surface area (Å²) in [6.45, 7) is 1.15. The first kappa shape index (κ1) is 19.1. The number of rotatable bonds is 7. The normalized spacial score (nSPS) is 16.2. The second-order valence-electron chi connectivity index (χ2n) is 7.12. The lowest BCUT2D eigenvalue weighted by molar-refractivity contribution is -0.131. The largest absolute Gasteiger partial charge is 0.493 e. The molecule has 1 amide bonds. The summed E-state index contributed by atoms with van der Waals surface area (Å²) in [4.78, 5) is 18.9. The Balaban J connectivity index is 1.34. The summed E-state index contributed by atoms with van der Waals surface area (Å²) in [7, 11) is 0. The van der Waals surface area contributed by atoms with E-state index in [0.717, 1.165) is 36.5 Å². The monoisotopic (exact) mass is 394 g/mol. The van der Waals surface area contributed by atoms with Crippen molar-refractivity contribution in [2.45, 2.75) is 31.7 Å². The van der Waals surface area contributed by atoms with Crippen LogP contribution in [0.4, 0.5) is 4.39 Å². The average molecular weight is 394 g/mol. The van der Waals surface area contributed by atoms with Gasteiger partial charge in [0.1, 0.15) is 11.6 Å². The average Bonchev–Trinajstić information content (AvgIpc) is 3.38. The lowest BCUT2D eigenvalue weighted by atomic mass is 10.1. The van der Waals surface area contributed by atoms with Gasteiger partial charge in [0.25, 0.3) is 0 Å². The Hall–Kier alpha value is -3.22. The van der Waals surface area contributed by atoms with E-state index in [1.165, 1.54) is 12.1 Å². The summed E-state index contributed by atoms with van der Waals surface area (Å²) in [5, 5.41) is 7.46. The number of nitrogens with zero attached hydrogens (tertiary/aromatic N) is 3. The van der Waals surface area contributed by atoms with Gasteiger partial charge in [-0.05, 0) is 43.2 Å². The Morgan fingerprint density at radius 3 is 3.00 bits per heavy atom. The summed E-state index contributed by atoms with van der Waals surface area (Å²) in [6.07, 6.45) is 4.49. The molecule has 1 aliphatic heterocycles. The number of ether oxygens (including phenoxy) is 1. The van der Waals surface area contributed by atoms with Gasteiger partial charge in [-0.3, -0.25) is 14.9 Å². The predicted octanol–water partition coefficient (Wildman–Crippen LogP) is 3.47. The summed E-state index contributed by atoms with van der Waals surface area (Å²) in [5.41, 5.74) is 2.58. The fraction of sp³-hybridized carbons (Fsp3) is 0.318. The van der Waals surface area contributed by atoms with Crippen LogP contribution in [0, 0.1) is 5.82 Å². The molecular weight excluding hydrogens is 371 g/mol. The molecule has 6 nitrogen and oxygen atoms in total. The number of carbonyl (C=O) groups is 1. The highest BCUT2D eigenvalue weighted by atomic mass is 19.1. The van der Waals surface area contributed by atoms with Crippen LogP contribution in [0.15, 0.2) is 54.7 Å². The van der Waals surface area contributed by atoms with Crippen LogP contribution in [0.2, 0.25) is 0 Å². The molecular formula is C22H23FN4O2. The molecule has 1 aliphatic rings. The lowest BCUT2D eigenvalue weighted by Crippen LogP contribution is -2.32. The van der Waals surface area contributed by atoms with E-state index in [9.17, 15) is 9.18 Å². The van der Waals surface area contributed by atoms with Crippen LogP contribution in [0.3, 0.4) is 0 Å². The summed E-state index contributed by atoms with van der Waals surface area (Å²) in [5.74, 6) is 0.264. The van der Waals surface area contributed by atoms with Crippen molar-refractivity contribution in [1.29, 1.82) is 0 Å². The van der Waals surface area contributed by atoms with Gasteiger partial charge in [0, 0.05) is 36.6 Å². The molecule has 1 aromatic carbocycles. The Kier molecular flexibility index (Phi) is 5.84. The van der Waals surface area contributed by atoms with Crippen LogP contribution in [0.1, 0.15) is 36.0 Å². The molecule has 150 valence electrons. The van der Waals surface area contributed by atoms with Gasteiger partial charge in [-0.2, -0.15) is 5.10 Å². The molecule has 1 fully saturated rings. The minimum Gasteiger partial charge on any atom is -0.493 e. The van der Waals surface area contributed by atoms with Crippen LogP contribution in [-0.4, -0.2) is 39.1 Å². The Labute approximate surface area is 168 Å². The number of hydrogen-bond donors (Lipinski definition) is 1. The van der Waals surface area contributed by atoms with Gasteiger partial charge in [-0.15, -0.1) is 0 Å². The number of benzene rings is 1. The van der Waals surface area contributed by atoms with Crippen LogP contribution in [0.5, 0.6) is 5.75 Å². The molecule has 1 saturated heterocycles. The van der Waals surface area contributed by atoms with Crippen molar-refractivity contribution < 1.29 is 13.9 Å². The zero-order chi connectivity index (χ0) is 20.1. The number of nitrogens with one attached hydrogen (secondary N) is 1. The van der Waals surface area contributed by atoms with Gasteiger partial charge < -0.3 is 9.64 Å². The maximum atomic E-state index is 13.2. The number of halogens is 1. The van der Waals surface area contributed by atoms with Crippen molar-refractivity contribution in [3.05, 3.63) is 77.6 Å². The molecule has 0 unspecified atom stereocenters. The fourth-order valence-corrected chi connectivity index (χ4v) is 3.65. The zero-order valence-electron chi connectivity index (χ0n) is 16.1. The number of pyridine rings is 1. The second-order valence-corrected chi connectivity index (χ2v) is 7.12. The van der Waals surface area contributed by atoms with Gasteiger partial charge in [0.2, 0.25) is 5.91 Å². The van der Waals surface area contributed by atoms with E-state index in [0.29, 0.717) is 25.2 Å². The molecule has 0 aliphatic carbocycles. The molecule has 1 atom stereocenters. The number of amides is 1. The number of aromatic nitrogens is 3. The molecule has 3 aromatic rings. The number of hydrogen-bond acceptors (Lipinski definition) is 4.